The number of rotatable bonds is 8. The number of hydrogen-bond acceptors (Lipinski definition) is 6. The van der Waals surface area contributed by atoms with Crippen molar-refractivity contribution in [1.82, 2.24) is 0 Å². The lowest BCUT2D eigenvalue weighted by Gasteiger charge is -2.09. The van der Waals surface area contributed by atoms with Crippen molar-refractivity contribution < 1.29 is 18.1 Å². The molecular weight excluding hydrogens is 296 g/mol. The van der Waals surface area contributed by atoms with E-state index in [-0.39, 0.29) is 10.6 Å². The Morgan fingerprint density at radius 1 is 1.48 bits per heavy atom. The molecule has 7 nitrogen and oxygen atoms in total. The van der Waals surface area contributed by atoms with Crippen LogP contribution in [-0.4, -0.2) is 39.4 Å². The van der Waals surface area contributed by atoms with E-state index in [1.54, 1.807) is 0 Å². The van der Waals surface area contributed by atoms with Gasteiger partial charge in [-0.15, -0.1) is 0 Å². The van der Waals surface area contributed by atoms with E-state index in [1.807, 2.05) is 6.92 Å². The molecule has 8 heteroatoms. The highest BCUT2D eigenvalue weighted by Gasteiger charge is 2.25. The molecule has 1 aromatic rings. The summed E-state index contributed by atoms with van der Waals surface area (Å²) in [6.45, 7) is 6.57. The molecule has 0 heterocycles. The van der Waals surface area contributed by atoms with Crippen molar-refractivity contribution in [3.63, 3.8) is 0 Å². The van der Waals surface area contributed by atoms with Crippen LogP contribution in [0.4, 0.5) is 11.4 Å². The van der Waals surface area contributed by atoms with Gasteiger partial charge >= 0.3 is 5.69 Å². The lowest BCUT2D eigenvalue weighted by molar-refractivity contribution is -0.386. The summed E-state index contributed by atoms with van der Waals surface area (Å²) in [5.41, 5.74) is 0.585. The van der Waals surface area contributed by atoms with Crippen LogP contribution >= 0.6 is 0 Å². The van der Waals surface area contributed by atoms with E-state index >= 15 is 0 Å². The van der Waals surface area contributed by atoms with Crippen LogP contribution in [0.3, 0.4) is 0 Å². The monoisotopic (exact) mass is 314 g/mol. The number of benzene rings is 1. The van der Waals surface area contributed by atoms with Crippen LogP contribution in [-0.2, 0) is 14.6 Å². The van der Waals surface area contributed by atoms with Crippen molar-refractivity contribution in [2.75, 3.05) is 31.3 Å². The van der Waals surface area contributed by atoms with Crippen LogP contribution in [0.1, 0.15) is 6.92 Å². The second kappa shape index (κ2) is 7.19. The molecule has 21 heavy (non-hydrogen) atoms. The predicted molar refractivity (Wildman–Crippen MR) is 80.3 cm³/mol. The molecule has 0 aliphatic heterocycles. The number of nitrogens with zero attached hydrogens (tertiary/aromatic N) is 1. The zero-order valence-electron chi connectivity index (χ0n) is 12.0. The Kier molecular flexibility index (Phi) is 5.86. The highest BCUT2D eigenvalue weighted by atomic mass is 32.2. The van der Waals surface area contributed by atoms with Gasteiger partial charge in [0, 0.05) is 12.8 Å². The molecule has 0 unspecified atom stereocenters. The summed E-state index contributed by atoms with van der Waals surface area (Å²) in [6, 6.07) is 4.14. The van der Waals surface area contributed by atoms with Gasteiger partial charge in [0.15, 0.2) is 9.84 Å². The first-order valence-corrected chi connectivity index (χ1v) is 8.06. The Labute approximate surface area is 123 Å². The van der Waals surface area contributed by atoms with E-state index < -0.39 is 20.4 Å². The van der Waals surface area contributed by atoms with Gasteiger partial charge in [-0.25, -0.2) is 8.42 Å². The number of nitro groups is 1. The maximum absolute atomic E-state index is 11.6. The van der Waals surface area contributed by atoms with Crippen molar-refractivity contribution >= 4 is 21.2 Å². The van der Waals surface area contributed by atoms with Crippen LogP contribution in [0.25, 0.3) is 0 Å². The first-order valence-electron chi connectivity index (χ1n) is 6.17. The van der Waals surface area contributed by atoms with Gasteiger partial charge in [-0.3, -0.25) is 10.1 Å². The molecule has 0 aliphatic rings. The summed E-state index contributed by atoms with van der Waals surface area (Å²) in [7, 11) is -3.67. The van der Waals surface area contributed by atoms with Crippen LogP contribution < -0.4 is 5.32 Å². The fraction of sp³-hybridized carbons (Fsp3) is 0.385. The SMILES string of the molecule is C=C(C)COCCNc1cccc(S(C)(=O)=O)c1[N+](=O)[O-]. The summed E-state index contributed by atoms with van der Waals surface area (Å²) in [6.07, 6.45) is 0.940. The molecule has 116 valence electrons. The zero-order chi connectivity index (χ0) is 16.0. The van der Waals surface area contributed by atoms with Crippen molar-refractivity contribution in [3.05, 3.63) is 40.5 Å². The molecule has 0 saturated carbocycles. The minimum absolute atomic E-state index is 0.154. The number of anilines is 1. The molecule has 1 rings (SSSR count). The molecule has 0 saturated heterocycles. The van der Waals surface area contributed by atoms with Gasteiger partial charge in [-0.05, 0) is 19.1 Å². The molecule has 1 N–H and O–H groups in total. The van der Waals surface area contributed by atoms with Gasteiger partial charge < -0.3 is 10.1 Å². The Hall–Kier alpha value is -1.93. The number of hydrogen-bond donors (Lipinski definition) is 1. The zero-order valence-corrected chi connectivity index (χ0v) is 12.8. The van der Waals surface area contributed by atoms with E-state index in [1.165, 1.54) is 18.2 Å². The third kappa shape index (κ3) is 5.16. The molecular formula is C13H18N2O5S. The average Bonchev–Trinajstić information content (AvgIpc) is 2.36. The van der Waals surface area contributed by atoms with Crippen LogP contribution in [0.5, 0.6) is 0 Å². The molecule has 0 aliphatic carbocycles. The average molecular weight is 314 g/mol. The van der Waals surface area contributed by atoms with Crippen LogP contribution in [0.2, 0.25) is 0 Å². The van der Waals surface area contributed by atoms with Gasteiger partial charge in [0.2, 0.25) is 0 Å². The second-order valence-electron chi connectivity index (χ2n) is 4.62. The first kappa shape index (κ1) is 17.1. The van der Waals surface area contributed by atoms with Crippen molar-refractivity contribution in [1.29, 1.82) is 0 Å². The molecule has 0 bridgehead atoms. The largest absolute Gasteiger partial charge is 0.377 e. The Balaban J connectivity index is 2.88. The van der Waals surface area contributed by atoms with Gasteiger partial charge in [0.25, 0.3) is 0 Å². The van der Waals surface area contributed by atoms with E-state index in [0.717, 1.165) is 11.8 Å². The molecule has 0 spiro atoms. The highest BCUT2D eigenvalue weighted by Crippen LogP contribution is 2.31. The summed E-state index contributed by atoms with van der Waals surface area (Å²) >= 11 is 0. The number of para-hydroxylation sites is 1. The predicted octanol–water partition coefficient (Wildman–Crippen LogP) is 2.00. The number of nitro benzene ring substituents is 1. The van der Waals surface area contributed by atoms with Crippen molar-refractivity contribution in [2.24, 2.45) is 0 Å². The maximum atomic E-state index is 11.6. The topological polar surface area (TPSA) is 98.5 Å². The normalized spacial score (nSPS) is 11.1. The standard InChI is InChI=1S/C13H18N2O5S/c1-10(2)9-20-8-7-14-11-5-4-6-12(21(3,18)19)13(11)15(16)17/h4-6,14H,1,7-9H2,2-3H3. The van der Waals surface area contributed by atoms with Gasteiger partial charge in [0.05, 0.1) is 18.1 Å². The molecule has 0 aromatic heterocycles. The lowest BCUT2D eigenvalue weighted by Crippen LogP contribution is -2.13. The van der Waals surface area contributed by atoms with Crippen molar-refractivity contribution in [2.45, 2.75) is 11.8 Å². The maximum Gasteiger partial charge on any atom is 0.310 e. The summed E-state index contributed by atoms with van der Waals surface area (Å²) in [5, 5.41) is 13.9. The third-order valence-corrected chi connectivity index (χ3v) is 3.62. The molecule has 0 amide bonds. The van der Waals surface area contributed by atoms with Crippen LogP contribution in [0.15, 0.2) is 35.2 Å². The smallest absolute Gasteiger partial charge is 0.310 e. The van der Waals surface area contributed by atoms with E-state index in [0.29, 0.717) is 19.8 Å². The number of nitrogens with one attached hydrogen (secondary N) is 1. The summed E-state index contributed by atoms with van der Waals surface area (Å²) in [4.78, 5) is 10.1. The quantitative estimate of drug-likeness (QED) is 0.341. The molecule has 0 fully saturated rings. The molecule has 0 radical (unpaired) electrons. The van der Waals surface area contributed by atoms with Crippen LogP contribution in [0, 0.1) is 10.1 Å². The van der Waals surface area contributed by atoms with Crippen molar-refractivity contribution in [3.8, 4) is 0 Å². The highest BCUT2D eigenvalue weighted by molar-refractivity contribution is 7.90. The van der Waals surface area contributed by atoms with E-state index in [9.17, 15) is 18.5 Å². The minimum Gasteiger partial charge on any atom is -0.377 e. The molecule has 0 atom stereocenters. The number of ether oxygens (including phenoxy) is 1. The number of sulfone groups is 1. The summed E-state index contributed by atoms with van der Waals surface area (Å²) < 4.78 is 28.5. The first-order chi connectivity index (χ1) is 9.73. The Morgan fingerprint density at radius 2 is 2.14 bits per heavy atom. The summed E-state index contributed by atoms with van der Waals surface area (Å²) in [5.74, 6) is 0. The molecule has 1 aromatic carbocycles. The fourth-order valence-corrected chi connectivity index (χ4v) is 2.52. The van der Waals surface area contributed by atoms with Gasteiger partial charge in [0.1, 0.15) is 10.6 Å². The fourth-order valence-electron chi connectivity index (χ4n) is 1.66. The Morgan fingerprint density at radius 3 is 2.67 bits per heavy atom. The van der Waals surface area contributed by atoms with Gasteiger partial charge in [-0.2, -0.15) is 0 Å². The lowest BCUT2D eigenvalue weighted by atomic mass is 10.2. The Bertz CT molecular complexity index is 640. The van der Waals surface area contributed by atoms with E-state index in [4.69, 9.17) is 4.74 Å². The minimum atomic E-state index is -3.67. The van der Waals surface area contributed by atoms with Gasteiger partial charge in [-0.1, -0.05) is 18.2 Å². The third-order valence-electron chi connectivity index (χ3n) is 2.49. The second-order valence-corrected chi connectivity index (χ2v) is 6.60. The van der Waals surface area contributed by atoms with E-state index in [2.05, 4.69) is 11.9 Å².